The largest absolute Gasteiger partial charge is 0.870 e. The van der Waals surface area contributed by atoms with Crippen molar-refractivity contribution in [1.29, 1.82) is 0 Å². The fraction of sp³-hybridized carbons (Fsp3) is 0.444. The van der Waals surface area contributed by atoms with Gasteiger partial charge < -0.3 is 10.4 Å². The summed E-state index contributed by atoms with van der Waals surface area (Å²) in [6.45, 7) is 1.66. The van der Waals surface area contributed by atoms with Crippen LogP contribution >= 0.6 is 0 Å². The molecule has 1 fully saturated rings. The molecule has 0 bridgehead atoms. The summed E-state index contributed by atoms with van der Waals surface area (Å²) in [5.74, 6) is 0.388. The molecule has 1 aliphatic heterocycles. The van der Waals surface area contributed by atoms with E-state index in [1.54, 1.807) is 17.1 Å². The lowest BCUT2D eigenvalue weighted by atomic mass is 10.0. The molecule has 25 heavy (non-hydrogen) atoms. The highest BCUT2D eigenvalue weighted by molar-refractivity contribution is 5.79. The summed E-state index contributed by atoms with van der Waals surface area (Å²) in [6, 6.07) is 10.0. The number of aromatic nitrogens is 2. The first-order valence-corrected chi connectivity index (χ1v) is 8.53. The first-order chi connectivity index (χ1) is 11.8. The van der Waals surface area contributed by atoms with Gasteiger partial charge in [-0.3, -0.25) is 4.79 Å². The van der Waals surface area contributed by atoms with Gasteiger partial charge >= 0.3 is 0 Å². The number of carbonyl (C=O) groups is 1. The number of amides is 1. The quantitative estimate of drug-likeness (QED) is 0.617. The van der Waals surface area contributed by atoms with Crippen LogP contribution in [0.5, 0.6) is 0 Å². The summed E-state index contributed by atoms with van der Waals surface area (Å²) in [5, 5.41) is 2.91. The second kappa shape index (κ2) is 9.08. The summed E-state index contributed by atoms with van der Waals surface area (Å²) >= 11 is 0. The number of carbonyl (C=O) groups excluding carboxylic acids is 1. The number of aromatic amines is 1. The molecule has 7 nitrogen and oxygen atoms in total. The standard InChI is InChI=1S/C18H22N4O2.H2O/c23-18(21-11-4-5-12-21)16(22-13-17(20-24)19-14-22)10-6-9-15-7-2-1-3-8-15;/h1-3,7-8,13-14,16H,4-6,9-12H2;1H2. The van der Waals surface area contributed by atoms with Gasteiger partial charge in [-0.05, 0) is 37.7 Å². The molecule has 1 aliphatic rings. The van der Waals surface area contributed by atoms with Crippen molar-refractivity contribution in [2.45, 2.75) is 38.1 Å². The van der Waals surface area contributed by atoms with Gasteiger partial charge in [0.25, 0.3) is 11.7 Å². The molecule has 0 spiro atoms. The maximum Gasteiger partial charge on any atom is 0.298 e. The summed E-state index contributed by atoms with van der Waals surface area (Å²) in [5.41, 5.74) is 1.28. The number of benzene rings is 1. The van der Waals surface area contributed by atoms with E-state index in [0.29, 0.717) is 0 Å². The first-order valence-electron chi connectivity index (χ1n) is 8.53. The average molecular weight is 344 g/mol. The Bertz CT molecular complexity index is 681. The van der Waals surface area contributed by atoms with Crippen molar-refractivity contribution in [2.75, 3.05) is 13.1 Å². The molecule has 134 valence electrons. The predicted octanol–water partition coefficient (Wildman–Crippen LogP) is 2.71. The fourth-order valence-corrected chi connectivity index (χ4v) is 3.28. The monoisotopic (exact) mass is 344 g/mol. The highest BCUT2D eigenvalue weighted by Crippen LogP contribution is 2.18. The molecule has 1 aromatic carbocycles. The summed E-state index contributed by atoms with van der Waals surface area (Å²) < 4.78 is 1.79. The zero-order valence-electron chi connectivity index (χ0n) is 14.2. The predicted molar refractivity (Wildman–Crippen MR) is 92.6 cm³/mol. The Morgan fingerprint density at radius 2 is 1.96 bits per heavy atom. The van der Waals surface area contributed by atoms with Gasteiger partial charge in [-0.1, -0.05) is 30.3 Å². The van der Waals surface area contributed by atoms with Crippen molar-refractivity contribution in [3.8, 4) is 0 Å². The Balaban J connectivity index is 0.00000225. The number of nitrogens with one attached hydrogen (secondary N) is 1. The van der Waals surface area contributed by atoms with Crippen LogP contribution in [-0.2, 0) is 11.2 Å². The highest BCUT2D eigenvalue weighted by Gasteiger charge is 2.31. The van der Waals surface area contributed by atoms with E-state index in [9.17, 15) is 9.70 Å². The first kappa shape index (κ1) is 18.8. The SMILES string of the molecule is O=Nc1c[n+](C(CCCc2ccccc2)C(=O)N2CCCC2)c[nH]1.[OH-]. The van der Waals surface area contributed by atoms with Crippen LogP contribution in [0.3, 0.4) is 0 Å². The molecule has 3 rings (SSSR count). The van der Waals surface area contributed by atoms with Crippen LogP contribution in [0.25, 0.3) is 0 Å². The molecular weight excluding hydrogens is 320 g/mol. The normalized spacial score (nSPS) is 14.8. The molecule has 0 aliphatic carbocycles. The molecular formula is C18H24N4O3. The van der Waals surface area contributed by atoms with Gasteiger partial charge in [0.15, 0.2) is 12.2 Å². The van der Waals surface area contributed by atoms with Crippen LogP contribution in [0.4, 0.5) is 5.82 Å². The molecule has 2 aromatic rings. The lowest BCUT2D eigenvalue weighted by Crippen LogP contribution is -2.48. The molecule has 1 amide bonds. The molecule has 0 radical (unpaired) electrons. The molecule has 7 heteroatoms. The number of imidazole rings is 1. The Morgan fingerprint density at radius 1 is 1.24 bits per heavy atom. The molecule has 1 unspecified atom stereocenters. The number of H-pyrrole nitrogens is 1. The lowest BCUT2D eigenvalue weighted by Gasteiger charge is -2.21. The van der Waals surface area contributed by atoms with E-state index in [0.717, 1.165) is 45.2 Å². The highest BCUT2D eigenvalue weighted by atomic mass is 16.3. The minimum absolute atomic E-state index is 0. The summed E-state index contributed by atoms with van der Waals surface area (Å²) in [7, 11) is 0. The Kier molecular flexibility index (Phi) is 6.82. The van der Waals surface area contributed by atoms with Gasteiger partial charge in [-0.25, -0.2) is 9.55 Å². The lowest BCUT2D eigenvalue weighted by molar-refractivity contribution is -0.709. The van der Waals surface area contributed by atoms with Crippen molar-refractivity contribution in [1.82, 2.24) is 9.88 Å². The van der Waals surface area contributed by atoms with Crippen LogP contribution in [0.2, 0.25) is 0 Å². The fourth-order valence-electron chi connectivity index (χ4n) is 3.28. The third-order valence-electron chi connectivity index (χ3n) is 4.58. The molecule has 2 N–H and O–H groups in total. The van der Waals surface area contributed by atoms with E-state index >= 15 is 0 Å². The minimum atomic E-state index is -0.279. The second-order valence-corrected chi connectivity index (χ2v) is 6.25. The van der Waals surface area contributed by atoms with Crippen LogP contribution in [0.1, 0.15) is 37.3 Å². The Hall–Kier alpha value is -2.54. The van der Waals surface area contributed by atoms with E-state index in [1.165, 1.54) is 5.56 Å². The van der Waals surface area contributed by atoms with Crippen LogP contribution in [0.15, 0.2) is 48.0 Å². The van der Waals surface area contributed by atoms with Gasteiger partial charge in [0.2, 0.25) is 6.33 Å². The number of likely N-dealkylation sites (tertiary alicyclic amines) is 1. The maximum atomic E-state index is 12.9. The smallest absolute Gasteiger partial charge is 0.298 e. The van der Waals surface area contributed by atoms with E-state index < -0.39 is 0 Å². The summed E-state index contributed by atoms with van der Waals surface area (Å²) in [4.78, 5) is 28.3. The van der Waals surface area contributed by atoms with Crippen LogP contribution in [0, 0.1) is 4.91 Å². The zero-order valence-corrected chi connectivity index (χ0v) is 14.2. The molecule has 1 saturated heterocycles. The van der Waals surface area contributed by atoms with Crippen LogP contribution in [-0.4, -0.2) is 34.4 Å². The maximum absolute atomic E-state index is 12.9. The number of nitroso groups, excluding NO2 is 1. The molecule has 2 heterocycles. The third kappa shape index (κ3) is 4.73. The minimum Gasteiger partial charge on any atom is -0.870 e. The van der Waals surface area contributed by atoms with Crippen molar-refractivity contribution in [2.24, 2.45) is 5.18 Å². The molecule has 0 saturated carbocycles. The number of nitrogens with zero attached hydrogens (tertiary/aromatic N) is 3. The second-order valence-electron chi connectivity index (χ2n) is 6.25. The van der Waals surface area contributed by atoms with Gasteiger partial charge in [-0.2, -0.15) is 0 Å². The van der Waals surface area contributed by atoms with Gasteiger partial charge in [-0.15, -0.1) is 4.91 Å². The van der Waals surface area contributed by atoms with E-state index in [4.69, 9.17) is 0 Å². The van der Waals surface area contributed by atoms with Gasteiger partial charge in [0.05, 0.1) is 0 Å². The van der Waals surface area contributed by atoms with E-state index in [-0.39, 0.29) is 23.2 Å². The average Bonchev–Trinajstić information content (AvgIpc) is 3.30. The zero-order chi connectivity index (χ0) is 16.8. The van der Waals surface area contributed by atoms with Crippen molar-refractivity contribution >= 4 is 11.7 Å². The van der Waals surface area contributed by atoms with Crippen molar-refractivity contribution in [3.05, 3.63) is 53.3 Å². The molecule has 1 atom stereocenters. The topological polar surface area (TPSA) is 99.4 Å². The number of rotatable bonds is 7. The van der Waals surface area contributed by atoms with Crippen LogP contribution < -0.4 is 4.57 Å². The summed E-state index contributed by atoms with van der Waals surface area (Å²) in [6.07, 6.45) is 8.02. The van der Waals surface area contributed by atoms with E-state index in [1.807, 2.05) is 23.1 Å². The van der Waals surface area contributed by atoms with Gasteiger partial charge in [0.1, 0.15) is 0 Å². The Labute approximate surface area is 147 Å². The van der Waals surface area contributed by atoms with E-state index in [2.05, 4.69) is 22.3 Å². The van der Waals surface area contributed by atoms with Gasteiger partial charge in [0, 0.05) is 18.3 Å². The number of aryl methyl sites for hydroxylation is 1. The van der Waals surface area contributed by atoms with Crippen molar-refractivity contribution < 1.29 is 14.8 Å². The number of hydrogen-bond donors (Lipinski definition) is 1. The third-order valence-corrected chi connectivity index (χ3v) is 4.58. The van der Waals surface area contributed by atoms with Crippen molar-refractivity contribution in [3.63, 3.8) is 0 Å². The number of hydrogen-bond acceptors (Lipinski definition) is 4. The Morgan fingerprint density at radius 3 is 2.60 bits per heavy atom. The molecule has 1 aromatic heterocycles.